The number of nitrogens with one attached hydrogen (secondary N) is 1. The van der Waals surface area contributed by atoms with Crippen LogP contribution in [0.4, 0.5) is 11.7 Å². The number of benzene rings is 1. The predicted molar refractivity (Wildman–Crippen MR) is 64.3 cm³/mol. The number of oxazole rings is 1. The molecule has 0 amide bonds. The maximum Gasteiger partial charge on any atom is 0.295 e. The summed E-state index contributed by atoms with van der Waals surface area (Å²) in [6.07, 6.45) is 3.97. The van der Waals surface area contributed by atoms with Crippen molar-refractivity contribution < 1.29 is 4.42 Å². The average Bonchev–Trinajstić information content (AvgIpc) is 2.98. The minimum atomic E-state index is 0.598. The number of hydrogen-bond donors (Lipinski definition) is 2. The molecule has 4 nitrogen and oxygen atoms in total. The average molecular weight is 217 g/mol. The summed E-state index contributed by atoms with van der Waals surface area (Å²) in [6.45, 7) is 0.937. The number of anilines is 2. The molecule has 0 spiro atoms. The smallest absolute Gasteiger partial charge is 0.295 e. The molecule has 2 aromatic rings. The van der Waals surface area contributed by atoms with E-state index in [9.17, 15) is 0 Å². The quantitative estimate of drug-likeness (QED) is 0.773. The van der Waals surface area contributed by atoms with Crippen molar-refractivity contribution in [3.8, 4) is 0 Å². The molecule has 0 radical (unpaired) electrons. The number of hydrogen-bond acceptors (Lipinski definition) is 4. The van der Waals surface area contributed by atoms with Gasteiger partial charge in [-0.2, -0.15) is 4.98 Å². The highest BCUT2D eigenvalue weighted by Crippen LogP contribution is 2.32. The molecule has 1 heterocycles. The number of rotatable bonds is 4. The summed E-state index contributed by atoms with van der Waals surface area (Å²) in [7, 11) is 0. The molecule has 84 valence electrons. The van der Waals surface area contributed by atoms with Gasteiger partial charge in [0, 0.05) is 12.2 Å². The van der Waals surface area contributed by atoms with Crippen LogP contribution in [-0.4, -0.2) is 11.5 Å². The Morgan fingerprint density at radius 3 is 3.12 bits per heavy atom. The van der Waals surface area contributed by atoms with E-state index >= 15 is 0 Å². The fourth-order valence-electron chi connectivity index (χ4n) is 1.81. The van der Waals surface area contributed by atoms with Crippen molar-refractivity contribution in [2.24, 2.45) is 5.92 Å². The minimum absolute atomic E-state index is 0.598. The van der Waals surface area contributed by atoms with Crippen molar-refractivity contribution in [3.05, 3.63) is 18.2 Å². The molecule has 4 heteroatoms. The van der Waals surface area contributed by atoms with Gasteiger partial charge in [-0.1, -0.05) is 12.8 Å². The molecule has 1 aliphatic rings. The fraction of sp³-hybridized carbons (Fsp3) is 0.417. The van der Waals surface area contributed by atoms with Crippen molar-refractivity contribution in [1.29, 1.82) is 0 Å². The molecular formula is C12H15N3O. The molecule has 0 saturated heterocycles. The van der Waals surface area contributed by atoms with Gasteiger partial charge in [0.15, 0.2) is 5.58 Å². The van der Waals surface area contributed by atoms with Crippen molar-refractivity contribution >= 4 is 22.8 Å². The SMILES string of the molecule is Nc1ccc2oc(NCCC3CC3)nc2c1. The minimum Gasteiger partial charge on any atom is -0.424 e. The molecule has 1 fully saturated rings. The van der Waals surface area contributed by atoms with E-state index in [4.69, 9.17) is 10.2 Å². The first kappa shape index (κ1) is 9.51. The first-order valence-corrected chi connectivity index (χ1v) is 5.71. The third kappa shape index (κ3) is 1.96. The lowest BCUT2D eigenvalue weighted by atomic mass is 10.3. The molecule has 0 atom stereocenters. The summed E-state index contributed by atoms with van der Waals surface area (Å²) >= 11 is 0. The number of fused-ring (bicyclic) bond motifs is 1. The first-order chi connectivity index (χ1) is 7.81. The van der Waals surface area contributed by atoms with E-state index in [0.717, 1.165) is 23.6 Å². The Labute approximate surface area is 93.8 Å². The van der Waals surface area contributed by atoms with Gasteiger partial charge in [0.1, 0.15) is 5.52 Å². The second-order valence-electron chi connectivity index (χ2n) is 4.41. The van der Waals surface area contributed by atoms with Crippen LogP contribution in [0.25, 0.3) is 11.1 Å². The van der Waals surface area contributed by atoms with E-state index in [2.05, 4.69) is 10.3 Å². The van der Waals surface area contributed by atoms with Gasteiger partial charge in [-0.25, -0.2) is 0 Å². The highest BCUT2D eigenvalue weighted by atomic mass is 16.4. The van der Waals surface area contributed by atoms with Crippen LogP contribution in [0.1, 0.15) is 19.3 Å². The number of nitrogens with two attached hydrogens (primary N) is 1. The van der Waals surface area contributed by atoms with E-state index < -0.39 is 0 Å². The number of nitrogen functional groups attached to an aromatic ring is 1. The topological polar surface area (TPSA) is 64.1 Å². The van der Waals surface area contributed by atoms with Gasteiger partial charge in [-0.05, 0) is 30.5 Å². The lowest BCUT2D eigenvalue weighted by molar-refractivity contribution is 0.608. The van der Waals surface area contributed by atoms with Gasteiger partial charge < -0.3 is 15.5 Å². The highest BCUT2D eigenvalue weighted by Gasteiger charge is 2.20. The van der Waals surface area contributed by atoms with Gasteiger partial charge in [0.25, 0.3) is 6.01 Å². The van der Waals surface area contributed by atoms with Crippen LogP contribution in [0, 0.1) is 5.92 Å². The number of aromatic nitrogens is 1. The lowest BCUT2D eigenvalue weighted by Crippen LogP contribution is -2.01. The molecule has 0 bridgehead atoms. The van der Waals surface area contributed by atoms with Crippen LogP contribution in [0.5, 0.6) is 0 Å². The Morgan fingerprint density at radius 1 is 1.44 bits per heavy atom. The van der Waals surface area contributed by atoms with Gasteiger partial charge >= 0.3 is 0 Å². The standard InChI is InChI=1S/C12H15N3O/c13-9-3-4-11-10(7-9)15-12(16-11)14-6-5-8-1-2-8/h3-4,7-8H,1-2,5-6,13H2,(H,14,15). The fourth-order valence-corrected chi connectivity index (χ4v) is 1.81. The Kier molecular flexibility index (Phi) is 2.20. The Morgan fingerprint density at radius 2 is 2.31 bits per heavy atom. The predicted octanol–water partition coefficient (Wildman–Crippen LogP) is 2.62. The second-order valence-corrected chi connectivity index (χ2v) is 4.41. The zero-order valence-corrected chi connectivity index (χ0v) is 9.07. The zero-order chi connectivity index (χ0) is 11.0. The molecule has 1 aromatic carbocycles. The van der Waals surface area contributed by atoms with E-state index in [1.165, 1.54) is 19.3 Å². The molecule has 3 rings (SSSR count). The molecule has 0 aliphatic heterocycles. The Balaban J connectivity index is 1.71. The summed E-state index contributed by atoms with van der Waals surface area (Å²) in [4.78, 5) is 4.33. The van der Waals surface area contributed by atoms with E-state index in [0.29, 0.717) is 11.7 Å². The van der Waals surface area contributed by atoms with Gasteiger partial charge in [0.05, 0.1) is 0 Å². The maximum absolute atomic E-state index is 5.68. The number of nitrogens with zero attached hydrogens (tertiary/aromatic N) is 1. The maximum atomic E-state index is 5.68. The normalized spacial score (nSPS) is 15.5. The summed E-state index contributed by atoms with van der Waals surface area (Å²) in [5, 5.41) is 3.21. The molecule has 16 heavy (non-hydrogen) atoms. The van der Waals surface area contributed by atoms with Crippen molar-refractivity contribution in [2.75, 3.05) is 17.6 Å². The van der Waals surface area contributed by atoms with E-state index in [1.54, 1.807) is 0 Å². The van der Waals surface area contributed by atoms with Gasteiger partial charge in [-0.15, -0.1) is 0 Å². The van der Waals surface area contributed by atoms with Gasteiger partial charge in [-0.3, -0.25) is 0 Å². The lowest BCUT2D eigenvalue weighted by Gasteiger charge is -1.98. The molecule has 1 aromatic heterocycles. The van der Waals surface area contributed by atoms with Gasteiger partial charge in [0.2, 0.25) is 0 Å². The third-order valence-electron chi connectivity index (χ3n) is 2.94. The van der Waals surface area contributed by atoms with Crippen molar-refractivity contribution in [1.82, 2.24) is 4.98 Å². The molecule has 3 N–H and O–H groups in total. The first-order valence-electron chi connectivity index (χ1n) is 5.71. The van der Waals surface area contributed by atoms with Crippen LogP contribution in [0.2, 0.25) is 0 Å². The van der Waals surface area contributed by atoms with Crippen molar-refractivity contribution in [3.63, 3.8) is 0 Å². The third-order valence-corrected chi connectivity index (χ3v) is 2.94. The van der Waals surface area contributed by atoms with Crippen LogP contribution >= 0.6 is 0 Å². The largest absolute Gasteiger partial charge is 0.424 e. The molecule has 0 unspecified atom stereocenters. The molecule has 1 saturated carbocycles. The summed E-state index contributed by atoms with van der Waals surface area (Å²) < 4.78 is 5.55. The van der Waals surface area contributed by atoms with Crippen LogP contribution in [-0.2, 0) is 0 Å². The zero-order valence-electron chi connectivity index (χ0n) is 9.07. The Bertz CT molecular complexity index is 502. The second kappa shape index (κ2) is 3.70. The van der Waals surface area contributed by atoms with Crippen molar-refractivity contribution in [2.45, 2.75) is 19.3 Å². The molecule has 1 aliphatic carbocycles. The Hall–Kier alpha value is -1.71. The van der Waals surface area contributed by atoms with Crippen LogP contribution < -0.4 is 11.1 Å². The summed E-state index contributed by atoms with van der Waals surface area (Å²) in [6, 6.07) is 6.09. The van der Waals surface area contributed by atoms with E-state index in [1.807, 2.05) is 18.2 Å². The summed E-state index contributed by atoms with van der Waals surface area (Å²) in [5.41, 5.74) is 7.99. The monoisotopic (exact) mass is 217 g/mol. The van der Waals surface area contributed by atoms with Crippen LogP contribution in [0.15, 0.2) is 22.6 Å². The highest BCUT2D eigenvalue weighted by molar-refractivity contribution is 5.78. The van der Waals surface area contributed by atoms with E-state index in [-0.39, 0.29) is 0 Å². The summed E-state index contributed by atoms with van der Waals surface area (Å²) in [5.74, 6) is 0.924. The molecular weight excluding hydrogens is 202 g/mol. The van der Waals surface area contributed by atoms with Crippen LogP contribution in [0.3, 0.4) is 0 Å².